The van der Waals surface area contributed by atoms with Crippen LogP contribution < -0.4 is 4.90 Å². The molecule has 3 nitrogen and oxygen atoms in total. The molecule has 0 aromatic heterocycles. The highest BCUT2D eigenvalue weighted by atomic mass is 35.5. The fourth-order valence-electron chi connectivity index (χ4n) is 2.97. The van der Waals surface area contributed by atoms with Crippen molar-refractivity contribution in [2.45, 2.75) is 49.3 Å². The van der Waals surface area contributed by atoms with E-state index in [0.29, 0.717) is 12.8 Å². The predicted molar refractivity (Wildman–Crippen MR) is 83.6 cm³/mol. The van der Waals surface area contributed by atoms with Gasteiger partial charge in [-0.3, -0.25) is 0 Å². The lowest BCUT2D eigenvalue weighted by atomic mass is 9.89. The van der Waals surface area contributed by atoms with Gasteiger partial charge in [0.25, 0.3) is 0 Å². The van der Waals surface area contributed by atoms with Crippen LogP contribution in [-0.2, 0) is 4.74 Å². The van der Waals surface area contributed by atoms with Crippen LogP contribution in [0.2, 0.25) is 0 Å². The van der Waals surface area contributed by atoms with E-state index in [9.17, 15) is 18.0 Å². The largest absolute Gasteiger partial charge is 0.430 e. The van der Waals surface area contributed by atoms with Gasteiger partial charge in [0.2, 0.25) is 6.10 Å². The van der Waals surface area contributed by atoms with Gasteiger partial charge >= 0.3 is 12.3 Å². The van der Waals surface area contributed by atoms with Crippen LogP contribution >= 0.6 is 11.6 Å². The van der Waals surface area contributed by atoms with Gasteiger partial charge in [-0.2, -0.15) is 13.2 Å². The van der Waals surface area contributed by atoms with Gasteiger partial charge in [-0.1, -0.05) is 43.4 Å². The van der Waals surface area contributed by atoms with Crippen LogP contribution in [-0.4, -0.2) is 17.1 Å². The number of para-hydroxylation sites is 1. The molecule has 0 N–H and O–H groups in total. The zero-order chi connectivity index (χ0) is 17.4. The first-order chi connectivity index (χ1) is 11.3. The molecule has 0 saturated heterocycles. The molecule has 1 aromatic carbocycles. The van der Waals surface area contributed by atoms with Gasteiger partial charge in [0, 0.05) is 11.6 Å². The molecule has 24 heavy (non-hydrogen) atoms. The third-order valence-corrected chi connectivity index (χ3v) is 4.67. The number of alkyl halides is 4. The average Bonchev–Trinajstić information content (AvgIpc) is 2.53. The minimum absolute atomic E-state index is 0.0830. The molecule has 1 unspecified atom stereocenters. The normalized spacial score (nSPS) is 22.9. The van der Waals surface area contributed by atoms with Crippen molar-refractivity contribution in [3.63, 3.8) is 0 Å². The number of rotatable bonds is 0. The quantitative estimate of drug-likeness (QED) is 0.474. The van der Waals surface area contributed by atoms with Crippen LogP contribution in [0.1, 0.15) is 43.8 Å². The zero-order valence-corrected chi connectivity index (χ0v) is 13.5. The fraction of sp³-hybridized carbons (Fsp3) is 0.471. The molecule has 2 aliphatic rings. The van der Waals surface area contributed by atoms with Crippen molar-refractivity contribution in [2.24, 2.45) is 0 Å². The first-order valence-corrected chi connectivity index (χ1v) is 8.06. The second-order valence-electron chi connectivity index (χ2n) is 5.96. The van der Waals surface area contributed by atoms with E-state index in [1.165, 1.54) is 18.2 Å². The second-order valence-corrected chi connectivity index (χ2v) is 6.69. The summed E-state index contributed by atoms with van der Waals surface area (Å²) in [7, 11) is 0. The number of benzene rings is 1. The maximum Gasteiger partial charge on any atom is 0.430 e. The predicted octanol–water partition coefficient (Wildman–Crippen LogP) is 5.15. The number of nitrogens with zero attached hydrogens (tertiary/aromatic N) is 1. The van der Waals surface area contributed by atoms with E-state index in [4.69, 9.17) is 11.6 Å². The van der Waals surface area contributed by atoms with Crippen LogP contribution in [0.25, 0.3) is 0 Å². The average molecular weight is 358 g/mol. The summed E-state index contributed by atoms with van der Waals surface area (Å²) in [6.45, 7) is 0. The van der Waals surface area contributed by atoms with E-state index in [0.717, 1.165) is 24.2 Å². The molecule has 7 heteroatoms. The molecule has 1 atom stereocenters. The van der Waals surface area contributed by atoms with Crippen LogP contribution in [0.4, 0.5) is 23.7 Å². The highest BCUT2D eigenvalue weighted by molar-refractivity contribution is 6.26. The number of fused-ring (bicyclic) bond motifs is 1. The fourth-order valence-corrected chi connectivity index (χ4v) is 3.28. The van der Waals surface area contributed by atoms with Crippen molar-refractivity contribution in [3.05, 3.63) is 29.8 Å². The number of carbonyl (C=O) groups excluding carboxylic acids is 1. The number of amides is 1. The summed E-state index contributed by atoms with van der Waals surface area (Å²) in [4.78, 5) is 12.2. The third-order valence-electron chi connectivity index (χ3n) is 4.20. The smallest absolute Gasteiger partial charge is 0.430 e. The van der Waals surface area contributed by atoms with E-state index in [1.54, 1.807) is 6.07 Å². The van der Waals surface area contributed by atoms with Crippen molar-refractivity contribution < 1.29 is 22.7 Å². The Kier molecular flexibility index (Phi) is 4.39. The summed E-state index contributed by atoms with van der Waals surface area (Å²) in [6, 6.07) is 8.34. The molecule has 1 aliphatic heterocycles. The van der Waals surface area contributed by atoms with E-state index < -0.39 is 23.2 Å². The molecule has 1 saturated carbocycles. The summed E-state index contributed by atoms with van der Waals surface area (Å²) in [5, 5.41) is 0. The molecular formula is C17H15ClF3NO2. The van der Waals surface area contributed by atoms with Gasteiger partial charge in [0.05, 0.1) is 5.69 Å². The lowest BCUT2D eigenvalue weighted by Gasteiger charge is -2.32. The van der Waals surface area contributed by atoms with Crippen LogP contribution in [0.15, 0.2) is 24.3 Å². The van der Waals surface area contributed by atoms with Gasteiger partial charge in [0.15, 0.2) is 0 Å². The first-order valence-electron chi connectivity index (χ1n) is 7.68. The molecule has 0 bridgehead atoms. The van der Waals surface area contributed by atoms with E-state index in [-0.39, 0.29) is 11.3 Å². The Labute approximate surface area is 142 Å². The Hall–Kier alpha value is -1.87. The minimum Gasteiger partial charge on any atom is -0.430 e. The Morgan fingerprint density at radius 2 is 1.88 bits per heavy atom. The molecule has 128 valence electrons. The van der Waals surface area contributed by atoms with E-state index in [1.807, 2.05) is 0 Å². The number of carbonyl (C=O) groups is 1. The molecule has 1 fully saturated rings. The topological polar surface area (TPSA) is 29.5 Å². The SMILES string of the molecule is O=C1OC(C(F)(F)F)c2ccccc2N1C#CC1(Cl)CCCCC1. The summed E-state index contributed by atoms with van der Waals surface area (Å²) in [6.07, 6.45) is -3.75. The van der Waals surface area contributed by atoms with E-state index in [2.05, 4.69) is 16.7 Å². The summed E-state index contributed by atoms with van der Waals surface area (Å²) >= 11 is 6.44. The van der Waals surface area contributed by atoms with Crippen molar-refractivity contribution in [3.8, 4) is 12.0 Å². The summed E-state index contributed by atoms with van der Waals surface area (Å²) in [5.41, 5.74) is -0.0502. The number of hydrogen-bond donors (Lipinski definition) is 0. The van der Waals surface area contributed by atoms with Crippen molar-refractivity contribution >= 4 is 23.4 Å². The van der Waals surface area contributed by atoms with Gasteiger partial charge < -0.3 is 4.74 Å². The number of anilines is 1. The Balaban J connectivity index is 1.96. The van der Waals surface area contributed by atoms with Crippen molar-refractivity contribution in [1.82, 2.24) is 0 Å². The van der Waals surface area contributed by atoms with Crippen molar-refractivity contribution in [1.29, 1.82) is 0 Å². The van der Waals surface area contributed by atoms with Crippen LogP contribution in [0.3, 0.4) is 0 Å². The monoisotopic (exact) mass is 357 g/mol. The summed E-state index contributed by atoms with van der Waals surface area (Å²) < 4.78 is 43.9. The molecule has 0 radical (unpaired) electrons. The Bertz CT molecular complexity index is 702. The maximum absolute atomic E-state index is 13.1. The summed E-state index contributed by atoms with van der Waals surface area (Å²) in [5.74, 6) is 2.85. The Morgan fingerprint density at radius 3 is 2.54 bits per heavy atom. The lowest BCUT2D eigenvalue weighted by molar-refractivity contribution is -0.206. The van der Waals surface area contributed by atoms with Gasteiger partial charge in [-0.25, -0.2) is 9.69 Å². The number of halogens is 4. The van der Waals surface area contributed by atoms with Gasteiger partial charge in [-0.15, -0.1) is 11.6 Å². The highest BCUT2D eigenvalue weighted by Crippen LogP contribution is 2.43. The number of ether oxygens (including phenoxy) is 1. The molecule has 1 aliphatic carbocycles. The number of cyclic esters (lactones) is 1. The first kappa shape index (κ1) is 17.0. The Morgan fingerprint density at radius 1 is 1.21 bits per heavy atom. The van der Waals surface area contributed by atoms with E-state index >= 15 is 0 Å². The number of hydrogen-bond acceptors (Lipinski definition) is 2. The lowest BCUT2D eigenvalue weighted by Crippen LogP contribution is -2.39. The highest BCUT2D eigenvalue weighted by Gasteiger charge is 2.49. The zero-order valence-electron chi connectivity index (χ0n) is 12.7. The molecule has 0 spiro atoms. The molecule has 1 amide bonds. The standard InChI is InChI=1S/C17H15ClF3NO2/c18-16(8-4-1-5-9-16)10-11-22-13-7-3-2-6-12(13)14(17(19,20)21)24-15(22)23/h2-3,6-7,14H,1,4-5,8-9H2. The van der Waals surface area contributed by atoms with Crippen molar-refractivity contribution in [2.75, 3.05) is 4.90 Å². The third kappa shape index (κ3) is 3.32. The molecular weight excluding hydrogens is 343 g/mol. The minimum atomic E-state index is -4.68. The van der Waals surface area contributed by atoms with Gasteiger partial charge in [0.1, 0.15) is 4.87 Å². The molecule has 3 rings (SSSR count). The maximum atomic E-state index is 13.1. The second kappa shape index (κ2) is 6.21. The van der Waals surface area contributed by atoms with Gasteiger partial charge in [-0.05, 0) is 18.9 Å². The molecule has 1 heterocycles. The van der Waals surface area contributed by atoms with Crippen LogP contribution in [0, 0.1) is 12.0 Å². The molecule has 1 aromatic rings. The van der Waals surface area contributed by atoms with Crippen LogP contribution in [0.5, 0.6) is 0 Å².